The van der Waals surface area contributed by atoms with E-state index in [0.717, 1.165) is 25.9 Å². The zero-order valence-electron chi connectivity index (χ0n) is 12.3. The van der Waals surface area contributed by atoms with Crippen molar-refractivity contribution in [3.63, 3.8) is 0 Å². The Bertz CT molecular complexity index is 439. The number of benzene rings is 1. The van der Waals surface area contributed by atoms with Gasteiger partial charge in [-0.2, -0.15) is 0 Å². The smallest absolute Gasteiger partial charge is 0.192 e. The predicted octanol–water partition coefficient (Wildman–Crippen LogP) is 2.97. The Hall–Kier alpha value is -1.51. The Balaban J connectivity index is 2.39. The molecule has 1 heterocycles. The zero-order chi connectivity index (χ0) is 13.9. The molecule has 2 rings (SSSR count). The minimum Gasteiger partial charge on any atom is -0.370 e. The zero-order valence-corrected chi connectivity index (χ0v) is 12.3. The second-order valence-corrected chi connectivity index (χ2v) is 5.83. The molecular formula is C16H25N3. The van der Waals surface area contributed by atoms with E-state index in [-0.39, 0.29) is 5.54 Å². The van der Waals surface area contributed by atoms with Gasteiger partial charge in [-0.1, -0.05) is 57.5 Å². The monoisotopic (exact) mass is 259 g/mol. The van der Waals surface area contributed by atoms with Gasteiger partial charge in [0.25, 0.3) is 0 Å². The summed E-state index contributed by atoms with van der Waals surface area (Å²) in [6.45, 7) is 8.43. The summed E-state index contributed by atoms with van der Waals surface area (Å²) in [6.07, 6.45) is 2.22. The summed E-state index contributed by atoms with van der Waals surface area (Å²) in [5, 5.41) is 0. The van der Waals surface area contributed by atoms with Gasteiger partial charge in [0.05, 0.1) is 12.1 Å². The van der Waals surface area contributed by atoms with Crippen LogP contribution in [0, 0.1) is 5.92 Å². The first-order valence-corrected chi connectivity index (χ1v) is 7.23. The second kappa shape index (κ2) is 5.64. The molecule has 3 heteroatoms. The molecule has 104 valence electrons. The quantitative estimate of drug-likeness (QED) is 0.883. The van der Waals surface area contributed by atoms with Crippen LogP contribution < -0.4 is 5.73 Å². The lowest BCUT2D eigenvalue weighted by Gasteiger charge is -2.40. The molecule has 0 aliphatic carbocycles. The van der Waals surface area contributed by atoms with Gasteiger partial charge in [0, 0.05) is 6.54 Å². The number of hydrogen-bond donors (Lipinski definition) is 1. The number of aliphatic imine (C=N–C) groups is 1. The molecule has 3 nitrogen and oxygen atoms in total. The molecule has 1 aliphatic heterocycles. The minimum absolute atomic E-state index is 0.0373. The van der Waals surface area contributed by atoms with Gasteiger partial charge >= 0.3 is 0 Å². The van der Waals surface area contributed by atoms with Crippen molar-refractivity contribution in [1.82, 2.24) is 4.90 Å². The number of rotatable bonds is 5. The predicted molar refractivity (Wildman–Crippen MR) is 81.1 cm³/mol. The van der Waals surface area contributed by atoms with E-state index in [9.17, 15) is 0 Å². The van der Waals surface area contributed by atoms with Gasteiger partial charge in [0.2, 0.25) is 0 Å². The van der Waals surface area contributed by atoms with Crippen molar-refractivity contribution < 1.29 is 0 Å². The summed E-state index contributed by atoms with van der Waals surface area (Å²) in [7, 11) is 0. The van der Waals surface area contributed by atoms with Gasteiger partial charge < -0.3 is 10.6 Å². The highest BCUT2D eigenvalue weighted by atomic mass is 15.4. The van der Waals surface area contributed by atoms with E-state index in [1.807, 2.05) is 0 Å². The summed E-state index contributed by atoms with van der Waals surface area (Å²) >= 11 is 0. The van der Waals surface area contributed by atoms with E-state index in [4.69, 9.17) is 5.73 Å². The molecule has 0 amide bonds. The molecular weight excluding hydrogens is 234 g/mol. The van der Waals surface area contributed by atoms with E-state index in [1.165, 1.54) is 5.56 Å². The molecule has 1 aliphatic rings. The van der Waals surface area contributed by atoms with Gasteiger partial charge in [-0.15, -0.1) is 0 Å². The summed E-state index contributed by atoms with van der Waals surface area (Å²) in [5.74, 6) is 1.28. The van der Waals surface area contributed by atoms with Crippen molar-refractivity contribution in [1.29, 1.82) is 0 Å². The molecule has 0 radical (unpaired) electrons. The van der Waals surface area contributed by atoms with Crippen molar-refractivity contribution in [2.24, 2.45) is 16.6 Å². The molecule has 2 N–H and O–H groups in total. The van der Waals surface area contributed by atoms with E-state index >= 15 is 0 Å². The van der Waals surface area contributed by atoms with Crippen molar-refractivity contribution >= 4 is 5.96 Å². The van der Waals surface area contributed by atoms with Crippen LogP contribution in [0.4, 0.5) is 0 Å². The fourth-order valence-electron chi connectivity index (χ4n) is 3.00. The Labute approximate surface area is 116 Å². The summed E-state index contributed by atoms with van der Waals surface area (Å²) in [4.78, 5) is 6.86. The molecule has 0 aromatic heterocycles. The fraction of sp³-hybridized carbons (Fsp3) is 0.562. The molecule has 0 spiro atoms. The first kappa shape index (κ1) is 13.9. The van der Waals surface area contributed by atoms with Crippen molar-refractivity contribution in [2.75, 3.05) is 13.1 Å². The molecule has 0 fully saturated rings. The Morgan fingerprint density at radius 1 is 1.32 bits per heavy atom. The molecule has 0 saturated carbocycles. The molecule has 1 aromatic carbocycles. The van der Waals surface area contributed by atoms with Crippen LogP contribution >= 0.6 is 0 Å². The maximum atomic E-state index is 6.15. The summed E-state index contributed by atoms with van der Waals surface area (Å²) < 4.78 is 0. The molecule has 0 saturated heterocycles. The first-order chi connectivity index (χ1) is 9.10. The highest BCUT2D eigenvalue weighted by molar-refractivity contribution is 5.81. The molecule has 1 unspecified atom stereocenters. The number of nitrogens with two attached hydrogens (primary N) is 1. The van der Waals surface area contributed by atoms with Crippen LogP contribution in [0.3, 0.4) is 0 Å². The lowest BCUT2D eigenvalue weighted by Crippen LogP contribution is -2.50. The second-order valence-electron chi connectivity index (χ2n) is 5.83. The van der Waals surface area contributed by atoms with Gasteiger partial charge in [-0.25, -0.2) is 0 Å². The van der Waals surface area contributed by atoms with Crippen LogP contribution in [-0.2, 0) is 5.54 Å². The third-order valence-electron chi connectivity index (χ3n) is 3.82. The Kier molecular flexibility index (Phi) is 4.13. The lowest BCUT2D eigenvalue weighted by molar-refractivity contribution is 0.168. The molecule has 0 bridgehead atoms. The fourth-order valence-corrected chi connectivity index (χ4v) is 3.00. The van der Waals surface area contributed by atoms with Gasteiger partial charge in [0.1, 0.15) is 0 Å². The molecule has 1 aromatic rings. The van der Waals surface area contributed by atoms with Crippen LogP contribution in [0.2, 0.25) is 0 Å². The molecule has 19 heavy (non-hydrogen) atoms. The average Bonchev–Trinajstić information content (AvgIpc) is 2.70. The topological polar surface area (TPSA) is 41.6 Å². The molecule has 1 atom stereocenters. The number of nitrogens with zero attached hydrogens (tertiary/aromatic N) is 2. The summed E-state index contributed by atoms with van der Waals surface area (Å²) in [6, 6.07) is 10.7. The van der Waals surface area contributed by atoms with Gasteiger partial charge in [-0.05, 0) is 17.9 Å². The summed E-state index contributed by atoms with van der Waals surface area (Å²) in [5.41, 5.74) is 7.44. The highest BCUT2D eigenvalue weighted by Gasteiger charge is 2.42. The first-order valence-electron chi connectivity index (χ1n) is 7.23. The standard InChI is InChI=1S/C16H25N3/c1-4-10-16(14-8-6-5-7-9-14)12-18-15(17)19(16)11-13(2)3/h5-9,13H,4,10-12H2,1-3H3,(H2,17,18). The largest absolute Gasteiger partial charge is 0.370 e. The van der Waals surface area contributed by atoms with Crippen molar-refractivity contribution in [3.8, 4) is 0 Å². The number of guanidine groups is 1. The van der Waals surface area contributed by atoms with Crippen molar-refractivity contribution in [2.45, 2.75) is 39.2 Å². The minimum atomic E-state index is -0.0373. The van der Waals surface area contributed by atoms with Crippen LogP contribution in [0.25, 0.3) is 0 Å². The Morgan fingerprint density at radius 3 is 2.58 bits per heavy atom. The third kappa shape index (κ3) is 2.60. The number of hydrogen-bond acceptors (Lipinski definition) is 3. The van der Waals surface area contributed by atoms with Crippen LogP contribution in [-0.4, -0.2) is 23.9 Å². The maximum Gasteiger partial charge on any atom is 0.192 e. The van der Waals surface area contributed by atoms with Crippen LogP contribution in [0.15, 0.2) is 35.3 Å². The van der Waals surface area contributed by atoms with E-state index in [1.54, 1.807) is 0 Å². The lowest BCUT2D eigenvalue weighted by atomic mass is 9.84. The highest BCUT2D eigenvalue weighted by Crippen LogP contribution is 2.37. The van der Waals surface area contributed by atoms with Gasteiger partial charge in [0.15, 0.2) is 5.96 Å². The van der Waals surface area contributed by atoms with Gasteiger partial charge in [-0.3, -0.25) is 4.99 Å². The van der Waals surface area contributed by atoms with E-state index in [2.05, 4.69) is 61.0 Å². The van der Waals surface area contributed by atoms with Crippen LogP contribution in [0.5, 0.6) is 0 Å². The Morgan fingerprint density at radius 2 is 2.00 bits per heavy atom. The van der Waals surface area contributed by atoms with E-state index in [0.29, 0.717) is 11.9 Å². The SMILES string of the molecule is CCCC1(c2ccccc2)CN=C(N)N1CC(C)C. The maximum absolute atomic E-state index is 6.15. The van der Waals surface area contributed by atoms with Crippen LogP contribution in [0.1, 0.15) is 39.2 Å². The third-order valence-corrected chi connectivity index (χ3v) is 3.82. The average molecular weight is 259 g/mol. The van der Waals surface area contributed by atoms with E-state index < -0.39 is 0 Å². The normalized spacial score (nSPS) is 22.9. The van der Waals surface area contributed by atoms with Crippen molar-refractivity contribution in [3.05, 3.63) is 35.9 Å².